The van der Waals surface area contributed by atoms with Crippen molar-refractivity contribution in [1.82, 2.24) is 10.6 Å². The van der Waals surface area contributed by atoms with Gasteiger partial charge in [-0.25, -0.2) is 8.42 Å². The first kappa shape index (κ1) is 20.0. The van der Waals surface area contributed by atoms with Gasteiger partial charge < -0.3 is 10.6 Å². The van der Waals surface area contributed by atoms with E-state index in [1.165, 1.54) is 17.4 Å². The molecule has 0 aliphatic rings. The van der Waals surface area contributed by atoms with Crippen molar-refractivity contribution in [1.29, 1.82) is 0 Å². The SMILES string of the molecule is CCNC(=NCC(c1ccccc1)c1ccccc1)NCCS(C)(=O)=O. The normalized spacial score (nSPS) is 12.2. The van der Waals surface area contributed by atoms with Crippen LogP contribution in [0, 0.1) is 0 Å². The van der Waals surface area contributed by atoms with Crippen LogP contribution in [0.15, 0.2) is 65.7 Å². The molecule has 0 aliphatic heterocycles. The minimum absolute atomic E-state index is 0.0816. The number of rotatable bonds is 8. The molecule has 0 unspecified atom stereocenters. The highest BCUT2D eigenvalue weighted by Gasteiger charge is 2.14. The third-order valence-electron chi connectivity index (χ3n) is 3.95. The maximum Gasteiger partial charge on any atom is 0.191 e. The first-order valence-electron chi connectivity index (χ1n) is 8.79. The first-order chi connectivity index (χ1) is 12.5. The zero-order valence-corrected chi connectivity index (χ0v) is 16.2. The van der Waals surface area contributed by atoms with E-state index < -0.39 is 9.84 Å². The van der Waals surface area contributed by atoms with Crippen LogP contribution in [0.5, 0.6) is 0 Å². The Morgan fingerprint density at radius 1 is 0.962 bits per heavy atom. The van der Waals surface area contributed by atoms with Crippen LogP contribution >= 0.6 is 0 Å². The van der Waals surface area contributed by atoms with Crippen LogP contribution in [-0.4, -0.2) is 46.0 Å². The number of nitrogens with zero attached hydrogens (tertiary/aromatic N) is 1. The zero-order valence-electron chi connectivity index (χ0n) is 15.4. The molecule has 0 radical (unpaired) electrons. The third-order valence-corrected chi connectivity index (χ3v) is 4.89. The quantitative estimate of drug-likeness (QED) is 0.551. The van der Waals surface area contributed by atoms with Gasteiger partial charge in [0, 0.05) is 25.3 Å². The predicted molar refractivity (Wildman–Crippen MR) is 108 cm³/mol. The smallest absolute Gasteiger partial charge is 0.191 e. The average Bonchev–Trinajstić information content (AvgIpc) is 2.62. The molecule has 0 fully saturated rings. The van der Waals surface area contributed by atoms with Crippen LogP contribution in [0.1, 0.15) is 24.0 Å². The maximum absolute atomic E-state index is 11.3. The molecule has 0 bridgehead atoms. The van der Waals surface area contributed by atoms with E-state index >= 15 is 0 Å². The fourth-order valence-corrected chi connectivity index (χ4v) is 3.13. The van der Waals surface area contributed by atoms with Gasteiger partial charge in [0.25, 0.3) is 0 Å². The monoisotopic (exact) mass is 373 g/mol. The molecule has 0 amide bonds. The van der Waals surface area contributed by atoms with Crippen molar-refractivity contribution < 1.29 is 8.42 Å². The fraction of sp³-hybridized carbons (Fsp3) is 0.350. The topological polar surface area (TPSA) is 70.6 Å². The Morgan fingerprint density at radius 2 is 1.50 bits per heavy atom. The second-order valence-corrected chi connectivity index (χ2v) is 8.41. The summed E-state index contributed by atoms with van der Waals surface area (Å²) in [5.74, 6) is 0.855. The molecule has 0 heterocycles. The van der Waals surface area contributed by atoms with E-state index in [4.69, 9.17) is 0 Å². The van der Waals surface area contributed by atoms with Gasteiger partial charge in [0.15, 0.2) is 5.96 Å². The van der Waals surface area contributed by atoms with Crippen molar-refractivity contribution in [3.63, 3.8) is 0 Å². The van der Waals surface area contributed by atoms with Crippen molar-refractivity contribution in [3.8, 4) is 0 Å². The molecule has 0 aliphatic carbocycles. The van der Waals surface area contributed by atoms with Crippen LogP contribution in [0.4, 0.5) is 0 Å². The molecule has 0 aromatic heterocycles. The van der Waals surface area contributed by atoms with Gasteiger partial charge in [-0.2, -0.15) is 0 Å². The Hall–Kier alpha value is -2.34. The second kappa shape index (κ2) is 9.97. The summed E-state index contributed by atoms with van der Waals surface area (Å²) in [4.78, 5) is 4.69. The molecule has 140 valence electrons. The van der Waals surface area contributed by atoms with E-state index in [-0.39, 0.29) is 11.7 Å². The van der Waals surface area contributed by atoms with Crippen LogP contribution in [0.3, 0.4) is 0 Å². The van der Waals surface area contributed by atoms with Crippen LogP contribution in [0.25, 0.3) is 0 Å². The molecule has 0 spiro atoms. The van der Waals surface area contributed by atoms with E-state index in [2.05, 4.69) is 39.9 Å². The summed E-state index contributed by atoms with van der Waals surface area (Å²) in [6.07, 6.45) is 1.24. The second-order valence-electron chi connectivity index (χ2n) is 6.15. The number of sulfone groups is 1. The molecule has 6 heteroatoms. The van der Waals surface area contributed by atoms with Gasteiger partial charge in [-0.3, -0.25) is 4.99 Å². The van der Waals surface area contributed by atoms with E-state index in [0.717, 1.165) is 0 Å². The molecule has 26 heavy (non-hydrogen) atoms. The summed E-state index contributed by atoms with van der Waals surface area (Å²) >= 11 is 0. The van der Waals surface area contributed by atoms with Crippen molar-refractivity contribution >= 4 is 15.8 Å². The van der Waals surface area contributed by atoms with E-state index in [1.807, 2.05) is 43.3 Å². The lowest BCUT2D eigenvalue weighted by atomic mass is 9.91. The number of benzene rings is 2. The molecular weight excluding hydrogens is 346 g/mol. The summed E-state index contributed by atoms with van der Waals surface area (Å²) in [6, 6.07) is 20.6. The van der Waals surface area contributed by atoms with Crippen molar-refractivity contribution in [2.24, 2.45) is 4.99 Å². The van der Waals surface area contributed by atoms with E-state index in [1.54, 1.807) is 0 Å². The van der Waals surface area contributed by atoms with Gasteiger partial charge in [0.1, 0.15) is 9.84 Å². The maximum atomic E-state index is 11.3. The van der Waals surface area contributed by atoms with Gasteiger partial charge >= 0.3 is 0 Å². The number of aliphatic imine (C=N–C) groups is 1. The standard InChI is InChI=1S/C20H27N3O2S/c1-3-21-20(22-14-15-26(2,24)25)23-16-19(17-10-6-4-7-11-17)18-12-8-5-9-13-18/h4-13,19H,3,14-16H2,1-2H3,(H2,21,22,23). The zero-order chi connectivity index (χ0) is 18.8. The number of hydrogen-bond acceptors (Lipinski definition) is 3. The molecule has 0 atom stereocenters. The highest BCUT2D eigenvalue weighted by molar-refractivity contribution is 7.90. The minimum atomic E-state index is -3.00. The van der Waals surface area contributed by atoms with Gasteiger partial charge in [-0.05, 0) is 18.1 Å². The molecule has 5 nitrogen and oxygen atoms in total. The Balaban J connectivity index is 2.15. The number of hydrogen-bond donors (Lipinski definition) is 2. The molecule has 0 saturated carbocycles. The lowest BCUT2D eigenvalue weighted by Gasteiger charge is -2.17. The summed E-state index contributed by atoms with van der Waals surface area (Å²) in [5, 5.41) is 6.27. The molecule has 0 saturated heterocycles. The molecule has 2 aromatic rings. The van der Waals surface area contributed by atoms with Crippen molar-refractivity contribution in [3.05, 3.63) is 71.8 Å². The Labute approximate surface area is 156 Å². The van der Waals surface area contributed by atoms with Gasteiger partial charge in [-0.15, -0.1) is 0 Å². The average molecular weight is 374 g/mol. The lowest BCUT2D eigenvalue weighted by molar-refractivity contribution is 0.600. The summed E-state index contributed by atoms with van der Waals surface area (Å²) in [7, 11) is -3.00. The molecule has 2 aromatic carbocycles. The number of nitrogens with one attached hydrogen (secondary N) is 2. The van der Waals surface area contributed by atoms with Crippen molar-refractivity contribution in [2.45, 2.75) is 12.8 Å². The summed E-state index contributed by atoms with van der Waals surface area (Å²) in [5.41, 5.74) is 2.41. The molecule has 2 rings (SSSR count). The first-order valence-corrected chi connectivity index (χ1v) is 10.9. The van der Waals surface area contributed by atoms with Gasteiger partial charge in [-0.1, -0.05) is 60.7 Å². The highest BCUT2D eigenvalue weighted by Crippen LogP contribution is 2.24. The minimum Gasteiger partial charge on any atom is -0.357 e. The van der Waals surface area contributed by atoms with Crippen molar-refractivity contribution in [2.75, 3.05) is 31.6 Å². The summed E-state index contributed by atoms with van der Waals surface area (Å²) in [6.45, 7) is 3.61. The largest absolute Gasteiger partial charge is 0.357 e. The van der Waals surface area contributed by atoms with E-state index in [9.17, 15) is 8.42 Å². The molecular formula is C20H27N3O2S. The van der Waals surface area contributed by atoms with Gasteiger partial charge in [0.05, 0.1) is 12.3 Å². The van der Waals surface area contributed by atoms with Crippen LogP contribution in [-0.2, 0) is 9.84 Å². The third kappa shape index (κ3) is 6.88. The fourth-order valence-electron chi connectivity index (χ4n) is 2.65. The van der Waals surface area contributed by atoms with E-state index in [0.29, 0.717) is 25.6 Å². The van der Waals surface area contributed by atoms with Gasteiger partial charge in [0.2, 0.25) is 0 Å². The van der Waals surface area contributed by atoms with Crippen LogP contribution in [0.2, 0.25) is 0 Å². The Kier molecular flexibility index (Phi) is 7.66. The Morgan fingerprint density at radius 3 is 1.96 bits per heavy atom. The summed E-state index contributed by atoms with van der Waals surface area (Å²) < 4.78 is 22.6. The molecule has 2 N–H and O–H groups in total. The number of guanidine groups is 1. The highest BCUT2D eigenvalue weighted by atomic mass is 32.2. The Bertz CT molecular complexity index is 751. The predicted octanol–water partition coefficient (Wildman–Crippen LogP) is 2.42. The lowest BCUT2D eigenvalue weighted by Crippen LogP contribution is -2.39. The van der Waals surface area contributed by atoms with Crippen LogP contribution < -0.4 is 10.6 Å².